The van der Waals surface area contributed by atoms with Crippen LogP contribution >= 0.6 is 11.3 Å². The molecule has 0 saturated heterocycles. The first-order valence-corrected chi connectivity index (χ1v) is 7.65. The molecule has 20 heavy (non-hydrogen) atoms. The number of rotatable bonds is 4. The van der Waals surface area contributed by atoms with Crippen LogP contribution in [0.15, 0.2) is 42.6 Å². The second kappa shape index (κ2) is 5.73. The maximum Gasteiger partial charge on any atom is 0.0705 e. The normalized spacial score (nSPS) is 11.1. The molecule has 0 bridgehead atoms. The zero-order valence-electron chi connectivity index (χ0n) is 11.8. The molecule has 0 aliphatic carbocycles. The van der Waals surface area contributed by atoms with Crippen molar-refractivity contribution in [2.45, 2.75) is 26.9 Å². The summed E-state index contributed by atoms with van der Waals surface area (Å²) in [5, 5.41) is 4.77. The molecule has 3 heteroatoms. The molecular formula is C17H18N2S. The van der Waals surface area contributed by atoms with Gasteiger partial charge in [-0.25, -0.2) is 0 Å². The fourth-order valence-corrected chi connectivity index (χ4v) is 3.39. The Hall–Kier alpha value is -1.71. The summed E-state index contributed by atoms with van der Waals surface area (Å²) < 4.78 is 0. The molecule has 3 rings (SSSR count). The molecule has 0 atom stereocenters. The van der Waals surface area contributed by atoms with E-state index in [0.29, 0.717) is 0 Å². The molecule has 0 amide bonds. The van der Waals surface area contributed by atoms with Crippen LogP contribution < -0.4 is 5.32 Å². The van der Waals surface area contributed by atoms with Gasteiger partial charge in [0.05, 0.1) is 5.52 Å². The summed E-state index contributed by atoms with van der Waals surface area (Å²) in [4.78, 5) is 7.21. The van der Waals surface area contributed by atoms with Crippen molar-refractivity contribution in [2.75, 3.05) is 0 Å². The third-order valence-corrected chi connectivity index (χ3v) is 4.72. The van der Waals surface area contributed by atoms with Crippen molar-refractivity contribution in [3.05, 3.63) is 63.5 Å². The highest BCUT2D eigenvalue weighted by molar-refractivity contribution is 7.12. The molecule has 0 radical (unpaired) electrons. The fraction of sp³-hybridized carbons (Fsp3) is 0.235. The Morgan fingerprint density at radius 3 is 2.75 bits per heavy atom. The molecule has 0 saturated carbocycles. The van der Waals surface area contributed by atoms with Crippen LogP contribution in [0.4, 0.5) is 0 Å². The van der Waals surface area contributed by atoms with E-state index in [1.54, 1.807) is 0 Å². The predicted octanol–water partition coefficient (Wildman–Crippen LogP) is 4.20. The second-order valence-corrected chi connectivity index (χ2v) is 6.38. The molecular weight excluding hydrogens is 264 g/mol. The lowest BCUT2D eigenvalue weighted by Crippen LogP contribution is -2.12. The largest absolute Gasteiger partial charge is 0.308 e. The summed E-state index contributed by atoms with van der Waals surface area (Å²) in [5.74, 6) is 0. The molecule has 0 unspecified atom stereocenters. The molecule has 2 heterocycles. The van der Waals surface area contributed by atoms with E-state index in [1.807, 2.05) is 23.6 Å². The monoisotopic (exact) mass is 282 g/mol. The number of thiophene rings is 1. The minimum Gasteiger partial charge on any atom is -0.308 e. The Balaban J connectivity index is 1.71. The van der Waals surface area contributed by atoms with Gasteiger partial charge in [-0.15, -0.1) is 11.3 Å². The van der Waals surface area contributed by atoms with Gasteiger partial charge in [0.15, 0.2) is 0 Å². The summed E-state index contributed by atoms with van der Waals surface area (Å²) in [7, 11) is 0. The van der Waals surface area contributed by atoms with Crippen molar-refractivity contribution in [1.82, 2.24) is 10.3 Å². The zero-order chi connectivity index (χ0) is 13.9. The van der Waals surface area contributed by atoms with Gasteiger partial charge in [0, 0.05) is 34.4 Å². The minimum atomic E-state index is 0.874. The lowest BCUT2D eigenvalue weighted by atomic mass is 10.1. The molecule has 0 spiro atoms. The van der Waals surface area contributed by atoms with Gasteiger partial charge in [-0.3, -0.25) is 4.98 Å². The van der Waals surface area contributed by atoms with Crippen molar-refractivity contribution in [3.63, 3.8) is 0 Å². The Bertz CT molecular complexity index is 706. The Labute approximate surface area is 123 Å². The van der Waals surface area contributed by atoms with E-state index in [2.05, 4.69) is 54.5 Å². The highest BCUT2D eigenvalue weighted by Gasteiger charge is 2.03. The lowest BCUT2D eigenvalue weighted by molar-refractivity contribution is 0.703. The predicted molar refractivity (Wildman–Crippen MR) is 86.1 cm³/mol. The molecule has 2 aromatic heterocycles. The average Bonchev–Trinajstić information content (AvgIpc) is 2.78. The van der Waals surface area contributed by atoms with Gasteiger partial charge in [0.25, 0.3) is 0 Å². The molecule has 2 nitrogen and oxygen atoms in total. The van der Waals surface area contributed by atoms with E-state index in [0.717, 1.165) is 18.6 Å². The van der Waals surface area contributed by atoms with Gasteiger partial charge in [-0.1, -0.05) is 18.2 Å². The van der Waals surface area contributed by atoms with E-state index in [4.69, 9.17) is 0 Å². The van der Waals surface area contributed by atoms with Crippen molar-refractivity contribution in [3.8, 4) is 0 Å². The first kappa shape index (κ1) is 13.3. The quantitative estimate of drug-likeness (QED) is 0.775. The molecule has 1 aromatic carbocycles. The van der Waals surface area contributed by atoms with Crippen LogP contribution in [0.5, 0.6) is 0 Å². The van der Waals surface area contributed by atoms with Crippen molar-refractivity contribution in [1.29, 1.82) is 0 Å². The number of fused-ring (bicyclic) bond motifs is 1. The number of nitrogens with one attached hydrogen (secondary N) is 1. The lowest BCUT2D eigenvalue weighted by Gasteiger charge is -2.07. The Kier molecular flexibility index (Phi) is 3.81. The van der Waals surface area contributed by atoms with Crippen LogP contribution in [0, 0.1) is 13.8 Å². The van der Waals surface area contributed by atoms with Crippen LogP contribution in [-0.4, -0.2) is 4.98 Å². The number of hydrogen-bond donors (Lipinski definition) is 1. The number of aryl methyl sites for hydroxylation is 2. The standard InChI is InChI=1S/C17H18N2S/c1-12-9-15(20-13(12)2)11-18-10-14-7-8-19-17-6-4-3-5-16(14)17/h3-9,18H,10-11H2,1-2H3. The third kappa shape index (κ3) is 2.74. The third-order valence-electron chi connectivity index (χ3n) is 3.57. The SMILES string of the molecule is Cc1cc(CNCc2ccnc3ccccc23)sc1C. The number of pyridine rings is 1. The number of benzene rings is 1. The van der Waals surface area contributed by atoms with Gasteiger partial charge in [-0.05, 0) is 43.2 Å². The molecule has 0 aliphatic heterocycles. The van der Waals surface area contributed by atoms with Gasteiger partial charge in [0.1, 0.15) is 0 Å². The van der Waals surface area contributed by atoms with Crippen LogP contribution in [0.25, 0.3) is 10.9 Å². The first-order valence-electron chi connectivity index (χ1n) is 6.83. The van der Waals surface area contributed by atoms with Crippen LogP contribution in [0.1, 0.15) is 20.9 Å². The van der Waals surface area contributed by atoms with Crippen molar-refractivity contribution in [2.24, 2.45) is 0 Å². The number of aromatic nitrogens is 1. The molecule has 102 valence electrons. The fourth-order valence-electron chi connectivity index (χ4n) is 2.37. The number of nitrogens with zero attached hydrogens (tertiary/aromatic N) is 1. The van der Waals surface area contributed by atoms with E-state index in [1.165, 1.54) is 26.3 Å². The van der Waals surface area contributed by atoms with Crippen molar-refractivity contribution >= 4 is 22.2 Å². The van der Waals surface area contributed by atoms with E-state index >= 15 is 0 Å². The summed E-state index contributed by atoms with van der Waals surface area (Å²) in [6.07, 6.45) is 1.89. The topological polar surface area (TPSA) is 24.9 Å². The molecule has 1 N–H and O–H groups in total. The van der Waals surface area contributed by atoms with Gasteiger partial charge < -0.3 is 5.32 Å². The van der Waals surface area contributed by atoms with Gasteiger partial charge in [0.2, 0.25) is 0 Å². The molecule has 0 fully saturated rings. The van der Waals surface area contributed by atoms with Crippen LogP contribution in [-0.2, 0) is 13.1 Å². The van der Waals surface area contributed by atoms with Crippen LogP contribution in [0.3, 0.4) is 0 Å². The summed E-state index contributed by atoms with van der Waals surface area (Å²) in [6, 6.07) is 12.7. The van der Waals surface area contributed by atoms with Gasteiger partial charge >= 0.3 is 0 Å². The second-order valence-electron chi connectivity index (χ2n) is 5.04. The van der Waals surface area contributed by atoms with E-state index in [9.17, 15) is 0 Å². The van der Waals surface area contributed by atoms with Gasteiger partial charge in [-0.2, -0.15) is 0 Å². The first-order chi connectivity index (χ1) is 9.74. The maximum absolute atomic E-state index is 4.40. The van der Waals surface area contributed by atoms with Crippen molar-refractivity contribution < 1.29 is 0 Å². The van der Waals surface area contributed by atoms with E-state index < -0.39 is 0 Å². The highest BCUT2D eigenvalue weighted by atomic mass is 32.1. The number of para-hydroxylation sites is 1. The molecule has 0 aliphatic rings. The summed E-state index contributed by atoms with van der Waals surface area (Å²) >= 11 is 1.88. The summed E-state index contributed by atoms with van der Waals surface area (Å²) in [5.41, 5.74) is 3.76. The van der Waals surface area contributed by atoms with Crippen LogP contribution in [0.2, 0.25) is 0 Å². The minimum absolute atomic E-state index is 0.874. The Morgan fingerprint density at radius 1 is 1.10 bits per heavy atom. The molecule has 3 aromatic rings. The smallest absolute Gasteiger partial charge is 0.0705 e. The highest BCUT2D eigenvalue weighted by Crippen LogP contribution is 2.21. The average molecular weight is 282 g/mol. The zero-order valence-corrected chi connectivity index (χ0v) is 12.6. The number of hydrogen-bond acceptors (Lipinski definition) is 3. The maximum atomic E-state index is 4.40. The van der Waals surface area contributed by atoms with E-state index in [-0.39, 0.29) is 0 Å². The Morgan fingerprint density at radius 2 is 1.95 bits per heavy atom. The summed E-state index contributed by atoms with van der Waals surface area (Å²) in [6.45, 7) is 6.15.